The van der Waals surface area contributed by atoms with Crippen molar-refractivity contribution < 1.29 is 4.74 Å². The minimum Gasteiger partial charge on any atom is -0.488 e. The van der Waals surface area contributed by atoms with Crippen LogP contribution in [0.1, 0.15) is 44.7 Å². The Morgan fingerprint density at radius 3 is 2.56 bits per heavy atom. The third-order valence-corrected chi connectivity index (χ3v) is 6.19. The lowest BCUT2D eigenvalue weighted by Gasteiger charge is -2.51. The van der Waals surface area contributed by atoms with Crippen LogP contribution >= 0.6 is 11.7 Å². The summed E-state index contributed by atoms with van der Waals surface area (Å²) in [6, 6.07) is 0. The standard InChI is InChI=1S/C14H29B6N3OS/c1-3-4-5-7-13(17,18)24-11-10(21-25-22-11)9-6-8-12(15,16)23(2)14(9,19)20/h6H,3-5,7-8,15-20H2,1-2H3. The number of likely N-dealkylation sites (N-methyl/N-ethyl adjacent to an activating group) is 1. The SMILES string of the molecule is BC(B)(CCCCC)Oc1nsnc1C1=CCC(B)(B)N(C)C1(B)B. The number of nitrogens with zero attached hydrogens (tertiary/aromatic N) is 3. The zero-order valence-electron chi connectivity index (χ0n) is 17.3. The first kappa shape index (κ1) is 20.8. The number of rotatable bonds is 7. The van der Waals surface area contributed by atoms with Crippen LogP contribution in [0.5, 0.6) is 5.88 Å². The van der Waals surface area contributed by atoms with E-state index < -0.39 is 0 Å². The normalized spacial score (nSPS) is 20.2. The van der Waals surface area contributed by atoms with Gasteiger partial charge in [0.2, 0.25) is 0 Å². The fourth-order valence-electron chi connectivity index (χ4n) is 3.59. The minimum atomic E-state index is -0.218. The molecule has 1 aliphatic heterocycles. The van der Waals surface area contributed by atoms with Crippen LogP contribution in [0, 0.1) is 0 Å². The van der Waals surface area contributed by atoms with Crippen LogP contribution in [-0.4, -0.2) is 83.8 Å². The van der Waals surface area contributed by atoms with Gasteiger partial charge in [-0.2, -0.15) is 4.37 Å². The molecule has 0 aliphatic carbocycles. The Labute approximate surface area is 162 Å². The second-order valence-electron chi connectivity index (χ2n) is 8.99. The number of unbranched alkanes of at least 4 members (excludes halogenated alkanes) is 2. The van der Waals surface area contributed by atoms with Gasteiger partial charge in [-0.05, 0) is 36.1 Å². The second kappa shape index (κ2) is 7.59. The number of hydrogen-bond donors (Lipinski definition) is 0. The first-order chi connectivity index (χ1) is 11.5. The number of hydrogen-bond acceptors (Lipinski definition) is 5. The molecular formula is C14H29B6N3OS. The Balaban J connectivity index is 2.25. The molecule has 1 aliphatic rings. The van der Waals surface area contributed by atoms with Gasteiger partial charge in [-0.3, -0.25) is 0 Å². The van der Waals surface area contributed by atoms with E-state index in [4.69, 9.17) is 4.74 Å². The van der Waals surface area contributed by atoms with Crippen molar-refractivity contribution in [1.82, 2.24) is 13.6 Å². The van der Waals surface area contributed by atoms with Gasteiger partial charge in [0.25, 0.3) is 5.88 Å². The lowest BCUT2D eigenvalue weighted by molar-refractivity contribution is 0.215. The Kier molecular flexibility index (Phi) is 6.31. The summed E-state index contributed by atoms with van der Waals surface area (Å²) in [5.74, 6) is 0.693. The molecule has 2 heterocycles. The lowest BCUT2D eigenvalue weighted by Crippen LogP contribution is -2.63. The molecule has 11 heteroatoms. The smallest absolute Gasteiger partial charge is 0.252 e. The average molecular weight is 352 g/mol. The van der Waals surface area contributed by atoms with Crippen molar-refractivity contribution in [2.45, 2.75) is 55.1 Å². The molecule has 0 spiro atoms. The zero-order valence-corrected chi connectivity index (χ0v) is 18.1. The zero-order chi connectivity index (χ0) is 18.9. The summed E-state index contributed by atoms with van der Waals surface area (Å²) in [4.78, 5) is 2.44. The molecular weight excluding hydrogens is 323 g/mol. The molecule has 0 aromatic carbocycles. The summed E-state index contributed by atoms with van der Waals surface area (Å²) >= 11 is 1.25. The molecule has 1 aromatic rings. The van der Waals surface area contributed by atoms with E-state index in [1.54, 1.807) is 0 Å². The van der Waals surface area contributed by atoms with Crippen LogP contribution < -0.4 is 4.74 Å². The van der Waals surface area contributed by atoms with E-state index in [2.05, 4.69) is 80.8 Å². The fourth-order valence-corrected chi connectivity index (χ4v) is 4.08. The van der Waals surface area contributed by atoms with E-state index >= 15 is 0 Å². The third kappa shape index (κ3) is 4.60. The molecule has 0 saturated heterocycles. The maximum Gasteiger partial charge on any atom is 0.252 e. The van der Waals surface area contributed by atoms with Crippen LogP contribution in [-0.2, 0) is 0 Å². The van der Waals surface area contributed by atoms with Gasteiger partial charge in [-0.1, -0.05) is 32.3 Å². The van der Waals surface area contributed by atoms with E-state index in [9.17, 15) is 0 Å². The van der Waals surface area contributed by atoms with E-state index in [1.165, 1.54) is 36.6 Å². The van der Waals surface area contributed by atoms with E-state index in [0.29, 0.717) is 5.88 Å². The highest BCUT2D eigenvalue weighted by atomic mass is 32.1. The highest BCUT2D eigenvalue weighted by molar-refractivity contribution is 6.99. The number of ether oxygens (including phenoxy) is 1. The van der Waals surface area contributed by atoms with Crippen molar-refractivity contribution in [2.75, 3.05) is 7.05 Å². The fraction of sp³-hybridized carbons (Fsp3) is 0.714. The van der Waals surface area contributed by atoms with E-state index in [-0.39, 0.29) is 16.1 Å². The molecule has 130 valence electrons. The van der Waals surface area contributed by atoms with Gasteiger partial charge in [0.05, 0.1) is 11.7 Å². The summed E-state index contributed by atoms with van der Waals surface area (Å²) in [5, 5.41) is -0.191. The highest BCUT2D eigenvalue weighted by Crippen LogP contribution is 2.39. The molecule has 4 nitrogen and oxygen atoms in total. The molecule has 25 heavy (non-hydrogen) atoms. The van der Waals surface area contributed by atoms with Crippen LogP contribution in [0.15, 0.2) is 6.08 Å². The van der Waals surface area contributed by atoms with Gasteiger partial charge < -0.3 is 9.64 Å². The maximum absolute atomic E-state index is 6.33. The second-order valence-corrected chi connectivity index (χ2v) is 9.52. The topological polar surface area (TPSA) is 38.3 Å². The van der Waals surface area contributed by atoms with Crippen molar-refractivity contribution in [3.63, 3.8) is 0 Å². The van der Waals surface area contributed by atoms with Crippen molar-refractivity contribution in [3.05, 3.63) is 11.8 Å². The van der Waals surface area contributed by atoms with Gasteiger partial charge in [-0.15, -0.1) is 4.37 Å². The first-order valence-electron chi connectivity index (χ1n) is 9.48. The molecule has 0 radical (unpaired) electrons. The molecule has 0 unspecified atom stereocenters. The molecule has 0 amide bonds. The molecule has 0 bridgehead atoms. The largest absolute Gasteiger partial charge is 0.488 e. The van der Waals surface area contributed by atoms with Gasteiger partial charge in [0, 0.05) is 5.40 Å². The van der Waals surface area contributed by atoms with Gasteiger partial charge in [-0.25, -0.2) is 0 Å². The Morgan fingerprint density at radius 2 is 1.92 bits per heavy atom. The molecule has 2 rings (SSSR count). The van der Waals surface area contributed by atoms with Gasteiger partial charge in [0.15, 0.2) is 0 Å². The van der Waals surface area contributed by atoms with Crippen molar-refractivity contribution >= 4 is 64.4 Å². The first-order valence-corrected chi connectivity index (χ1v) is 10.2. The van der Waals surface area contributed by atoms with Crippen molar-refractivity contribution in [2.24, 2.45) is 0 Å². The number of aromatic nitrogens is 2. The Bertz CT molecular complexity index is 634. The maximum atomic E-state index is 6.33. The summed E-state index contributed by atoms with van der Waals surface area (Å²) < 4.78 is 15.4. The highest BCUT2D eigenvalue weighted by Gasteiger charge is 2.42. The predicted octanol–water partition coefficient (Wildman–Crippen LogP) is -3.02. The Morgan fingerprint density at radius 1 is 1.24 bits per heavy atom. The minimum absolute atomic E-state index is 0.109. The van der Waals surface area contributed by atoms with Crippen LogP contribution in [0.25, 0.3) is 5.57 Å². The van der Waals surface area contributed by atoms with Gasteiger partial charge in [0.1, 0.15) is 52.8 Å². The molecule has 0 N–H and O–H groups in total. The molecule has 0 saturated carbocycles. The third-order valence-electron chi connectivity index (χ3n) is 5.68. The van der Waals surface area contributed by atoms with Crippen LogP contribution in [0.2, 0.25) is 0 Å². The summed E-state index contributed by atoms with van der Waals surface area (Å²) in [5.41, 5.74) is 2.14. The molecule has 1 aromatic heterocycles. The average Bonchev–Trinajstić information content (AvgIpc) is 2.92. The molecule has 0 fully saturated rings. The van der Waals surface area contributed by atoms with Crippen molar-refractivity contribution in [1.29, 1.82) is 0 Å². The lowest BCUT2D eigenvalue weighted by atomic mass is 9.47. The predicted molar refractivity (Wildman–Crippen MR) is 124 cm³/mol. The summed E-state index contributed by atoms with van der Waals surface area (Å²) in [7, 11) is 15.6. The Hall–Kier alpha value is -0.550. The van der Waals surface area contributed by atoms with Crippen LogP contribution in [0.4, 0.5) is 0 Å². The summed E-state index contributed by atoms with van der Waals surface area (Å²) in [6.07, 6.45) is 8.01. The monoisotopic (exact) mass is 353 g/mol. The van der Waals surface area contributed by atoms with Crippen molar-refractivity contribution in [3.8, 4) is 5.88 Å². The quantitative estimate of drug-likeness (QED) is 0.387. The molecule has 0 atom stereocenters. The van der Waals surface area contributed by atoms with E-state index in [1.807, 2.05) is 0 Å². The summed E-state index contributed by atoms with van der Waals surface area (Å²) in [6.45, 7) is 2.23. The van der Waals surface area contributed by atoms with Crippen LogP contribution in [0.3, 0.4) is 0 Å². The van der Waals surface area contributed by atoms with Gasteiger partial charge >= 0.3 is 0 Å². The van der Waals surface area contributed by atoms with E-state index in [0.717, 1.165) is 18.5 Å².